The van der Waals surface area contributed by atoms with Gasteiger partial charge in [-0.2, -0.15) is 10.5 Å². The predicted octanol–water partition coefficient (Wildman–Crippen LogP) is 6.15. The molecule has 34 heavy (non-hydrogen) atoms. The Morgan fingerprint density at radius 2 is 1.91 bits per heavy atom. The predicted molar refractivity (Wildman–Crippen MR) is 132 cm³/mol. The molecule has 0 N–H and O–H groups in total. The van der Waals surface area contributed by atoms with Crippen LogP contribution in [0.15, 0.2) is 74.4 Å². The van der Waals surface area contributed by atoms with Crippen molar-refractivity contribution in [2.24, 2.45) is 5.41 Å². The van der Waals surface area contributed by atoms with Crippen molar-refractivity contribution in [2.75, 3.05) is 0 Å². The molecule has 0 bridgehead atoms. The number of fused-ring (bicyclic) bond motifs is 2. The van der Waals surface area contributed by atoms with Crippen molar-refractivity contribution in [3.8, 4) is 24.0 Å². The highest BCUT2D eigenvalue weighted by atomic mass is 16.5. The van der Waals surface area contributed by atoms with E-state index in [9.17, 15) is 15.3 Å². The van der Waals surface area contributed by atoms with Gasteiger partial charge in [0.1, 0.15) is 34.8 Å². The molecular formula is C29H22N2O3. The average Bonchev–Trinajstić information content (AvgIpc) is 2.78. The van der Waals surface area contributed by atoms with Gasteiger partial charge < -0.3 is 9.15 Å². The van der Waals surface area contributed by atoms with Gasteiger partial charge in [-0.3, -0.25) is 0 Å². The van der Waals surface area contributed by atoms with E-state index in [1.807, 2.05) is 45.1 Å². The third kappa shape index (κ3) is 4.78. The molecule has 0 saturated carbocycles. The maximum atomic E-state index is 12.7. The minimum Gasteiger partial charge on any atom is -0.461 e. The number of hydrogen-bond acceptors (Lipinski definition) is 5. The highest BCUT2D eigenvalue weighted by Gasteiger charge is 2.24. The van der Waals surface area contributed by atoms with Crippen LogP contribution < -0.4 is 5.63 Å². The third-order valence-electron chi connectivity index (χ3n) is 5.38. The summed E-state index contributed by atoms with van der Waals surface area (Å²) >= 11 is 0. The van der Waals surface area contributed by atoms with E-state index in [2.05, 4.69) is 17.9 Å². The Morgan fingerprint density at radius 1 is 1.12 bits per heavy atom. The first-order valence-electron chi connectivity index (χ1n) is 10.9. The summed E-state index contributed by atoms with van der Waals surface area (Å²) in [4.78, 5) is 12.7. The summed E-state index contributed by atoms with van der Waals surface area (Å²) in [6.07, 6.45) is 12.4. The maximum absolute atomic E-state index is 12.7. The molecule has 0 unspecified atom stereocenters. The molecule has 166 valence electrons. The van der Waals surface area contributed by atoms with Crippen LogP contribution in [0.25, 0.3) is 23.1 Å². The van der Waals surface area contributed by atoms with Gasteiger partial charge in [-0.1, -0.05) is 44.8 Å². The zero-order valence-electron chi connectivity index (χ0n) is 19.2. The average molecular weight is 447 g/mol. The van der Waals surface area contributed by atoms with Crippen LogP contribution in [0.2, 0.25) is 0 Å². The quantitative estimate of drug-likeness (QED) is 0.314. The van der Waals surface area contributed by atoms with Crippen molar-refractivity contribution < 1.29 is 9.15 Å². The number of hydrogen-bond donors (Lipinski definition) is 0. The molecule has 1 aliphatic heterocycles. The van der Waals surface area contributed by atoms with Gasteiger partial charge in [-0.25, -0.2) is 4.79 Å². The highest BCUT2D eigenvalue weighted by Crippen LogP contribution is 2.34. The SMILES string of the molecule is CC(C)(C)C1=CC(=C(C#N)C#N)C=C(C=Cc2cc3cc4c(cc3oc2=O)C#CCCC=C4)O1. The van der Waals surface area contributed by atoms with Crippen molar-refractivity contribution in [3.63, 3.8) is 0 Å². The van der Waals surface area contributed by atoms with E-state index in [-0.39, 0.29) is 11.0 Å². The molecule has 0 amide bonds. The van der Waals surface area contributed by atoms with Gasteiger partial charge >= 0.3 is 5.63 Å². The summed E-state index contributed by atoms with van der Waals surface area (Å²) in [5, 5.41) is 19.4. The molecule has 0 saturated heterocycles. The van der Waals surface area contributed by atoms with Gasteiger partial charge in [0.25, 0.3) is 0 Å². The van der Waals surface area contributed by atoms with Crippen molar-refractivity contribution in [1.29, 1.82) is 10.5 Å². The molecule has 2 aliphatic rings. The minimum atomic E-state index is -0.480. The molecule has 1 aromatic heterocycles. The van der Waals surface area contributed by atoms with Crippen molar-refractivity contribution >= 4 is 23.1 Å². The number of benzene rings is 1. The molecule has 5 nitrogen and oxygen atoms in total. The molecular weight excluding hydrogens is 424 g/mol. The van der Waals surface area contributed by atoms with Crippen LogP contribution in [0.4, 0.5) is 0 Å². The zero-order valence-corrected chi connectivity index (χ0v) is 19.2. The monoisotopic (exact) mass is 446 g/mol. The lowest BCUT2D eigenvalue weighted by Crippen LogP contribution is -2.15. The second-order valence-corrected chi connectivity index (χ2v) is 9.00. The molecule has 2 heterocycles. The maximum Gasteiger partial charge on any atom is 0.343 e. The fraction of sp³-hybridized carbons (Fsp3) is 0.207. The van der Waals surface area contributed by atoms with Crippen LogP contribution in [-0.4, -0.2) is 0 Å². The Kier molecular flexibility index (Phi) is 6.09. The van der Waals surface area contributed by atoms with Crippen LogP contribution in [-0.2, 0) is 4.74 Å². The molecule has 2 aromatic rings. The zero-order chi connectivity index (χ0) is 24.3. The standard InChI is InChI=1S/C29H22N2O3/c1-29(2,3)27-16-22(24(17-30)18-31)14-25(33-27)11-10-21-13-23-12-19-8-6-4-5-7-9-20(19)15-26(23)34-28(21)32/h6,8,10-16H,4-5H2,1-3H3. The van der Waals surface area contributed by atoms with E-state index in [0.717, 1.165) is 29.4 Å². The number of allylic oxidation sites excluding steroid dienone is 7. The smallest absolute Gasteiger partial charge is 0.343 e. The number of nitrogens with zero attached hydrogens (tertiary/aromatic N) is 2. The second-order valence-electron chi connectivity index (χ2n) is 9.00. The summed E-state index contributed by atoms with van der Waals surface area (Å²) < 4.78 is 11.6. The first-order valence-corrected chi connectivity index (χ1v) is 10.9. The molecule has 1 aromatic carbocycles. The number of rotatable bonds is 2. The first kappa shape index (κ1) is 22.7. The van der Waals surface area contributed by atoms with Crippen LogP contribution in [0.1, 0.15) is 50.3 Å². The van der Waals surface area contributed by atoms with E-state index in [1.54, 1.807) is 36.4 Å². The minimum absolute atomic E-state index is 0.00573. The Balaban J connectivity index is 1.75. The van der Waals surface area contributed by atoms with Gasteiger partial charge in [0.15, 0.2) is 0 Å². The summed E-state index contributed by atoms with van der Waals surface area (Å²) in [6, 6.07) is 9.38. The first-order chi connectivity index (χ1) is 16.3. The Hall–Kier alpha value is -4.53. The van der Waals surface area contributed by atoms with E-state index in [4.69, 9.17) is 9.15 Å². The lowest BCUT2D eigenvalue weighted by atomic mass is 9.90. The van der Waals surface area contributed by atoms with Gasteiger partial charge in [-0.05, 0) is 54.5 Å². The van der Waals surface area contributed by atoms with Crippen molar-refractivity contribution in [2.45, 2.75) is 33.6 Å². The number of nitriles is 2. The molecule has 5 heteroatoms. The number of ether oxygens (including phenoxy) is 1. The van der Waals surface area contributed by atoms with Gasteiger partial charge in [0.2, 0.25) is 0 Å². The summed E-state index contributed by atoms with van der Waals surface area (Å²) in [5.74, 6) is 7.30. The fourth-order valence-electron chi connectivity index (χ4n) is 3.53. The van der Waals surface area contributed by atoms with Gasteiger partial charge in [0, 0.05) is 28.4 Å². The summed E-state index contributed by atoms with van der Waals surface area (Å²) in [6.45, 7) is 5.93. The van der Waals surface area contributed by atoms with E-state index in [0.29, 0.717) is 28.2 Å². The lowest BCUT2D eigenvalue weighted by molar-refractivity contribution is 0.223. The lowest BCUT2D eigenvalue weighted by Gasteiger charge is -2.26. The topological polar surface area (TPSA) is 87.0 Å². The Labute approximate surface area is 198 Å². The van der Waals surface area contributed by atoms with Gasteiger partial charge in [0.05, 0.1) is 5.56 Å². The van der Waals surface area contributed by atoms with Crippen LogP contribution in [0.3, 0.4) is 0 Å². The van der Waals surface area contributed by atoms with Gasteiger partial charge in [-0.15, -0.1) is 0 Å². The van der Waals surface area contributed by atoms with Crippen LogP contribution >= 0.6 is 0 Å². The molecule has 0 fully saturated rings. The largest absolute Gasteiger partial charge is 0.461 e. The van der Waals surface area contributed by atoms with Crippen LogP contribution in [0, 0.1) is 39.9 Å². The molecule has 4 rings (SSSR count). The van der Waals surface area contributed by atoms with Crippen LogP contribution in [0.5, 0.6) is 0 Å². The van der Waals surface area contributed by atoms with Crippen molar-refractivity contribution in [1.82, 2.24) is 0 Å². The highest BCUT2D eigenvalue weighted by molar-refractivity contribution is 5.84. The summed E-state index contributed by atoms with van der Waals surface area (Å²) in [5.41, 5.74) is 2.30. The van der Waals surface area contributed by atoms with E-state index >= 15 is 0 Å². The molecule has 0 radical (unpaired) electrons. The molecule has 0 spiro atoms. The Bertz CT molecular complexity index is 1530. The summed E-state index contributed by atoms with van der Waals surface area (Å²) in [7, 11) is 0. The fourth-order valence-corrected chi connectivity index (χ4v) is 3.53. The second kappa shape index (κ2) is 9.14. The van der Waals surface area contributed by atoms with E-state index in [1.165, 1.54) is 0 Å². The van der Waals surface area contributed by atoms with E-state index < -0.39 is 5.63 Å². The molecule has 1 aliphatic carbocycles. The third-order valence-corrected chi connectivity index (χ3v) is 5.38. The van der Waals surface area contributed by atoms with Crippen molar-refractivity contribution in [3.05, 3.63) is 92.3 Å². The normalized spacial score (nSPS) is 15.0. The Morgan fingerprint density at radius 3 is 2.65 bits per heavy atom. The molecule has 0 atom stereocenters.